The lowest BCUT2D eigenvalue weighted by atomic mass is 9.96. The third-order valence-electron chi connectivity index (χ3n) is 4.53. The average Bonchev–Trinajstić information content (AvgIpc) is 3.23. The molecule has 0 atom stereocenters. The first kappa shape index (κ1) is 18.2. The molecule has 0 bridgehead atoms. The molecule has 2 aromatic heterocycles. The van der Waals surface area contributed by atoms with Crippen LogP contribution >= 0.6 is 0 Å². The van der Waals surface area contributed by atoms with Crippen LogP contribution in [-0.2, 0) is 6.54 Å². The maximum atomic E-state index is 5.52. The Morgan fingerprint density at radius 2 is 2.19 bits per heavy atom. The second-order valence-corrected chi connectivity index (χ2v) is 6.39. The minimum atomic E-state index is 0.451. The van der Waals surface area contributed by atoms with Crippen LogP contribution < -0.4 is 10.1 Å². The molecular formula is C18H27N7O. The summed E-state index contributed by atoms with van der Waals surface area (Å²) in [5.74, 6) is 3.04. The monoisotopic (exact) mass is 357 g/mol. The molecule has 1 aliphatic heterocycles. The van der Waals surface area contributed by atoms with Crippen LogP contribution in [0.5, 0.6) is 5.88 Å². The highest BCUT2D eigenvalue weighted by Gasteiger charge is 2.24. The van der Waals surface area contributed by atoms with E-state index >= 15 is 0 Å². The predicted octanol–water partition coefficient (Wildman–Crippen LogP) is 1.94. The molecule has 0 aliphatic carbocycles. The van der Waals surface area contributed by atoms with E-state index in [2.05, 4.69) is 42.3 Å². The Kier molecular flexibility index (Phi) is 6.40. The van der Waals surface area contributed by atoms with Gasteiger partial charge in [0.05, 0.1) is 6.61 Å². The molecule has 0 radical (unpaired) electrons. The summed E-state index contributed by atoms with van der Waals surface area (Å²) in [4.78, 5) is 15.3. The van der Waals surface area contributed by atoms with Crippen molar-refractivity contribution in [3.8, 4) is 5.88 Å². The number of nitrogens with one attached hydrogen (secondary N) is 2. The predicted molar refractivity (Wildman–Crippen MR) is 100 cm³/mol. The zero-order valence-electron chi connectivity index (χ0n) is 15.5. The fourth-order valence-electron chi connectivity index (χ4n) is 3.10. The SMILES string of the molecule is CCCOc1ccc(CNC(=NC)N2CCC(c3ncn[nH]3)CC2)cn1. The molecule has 2 N–H and O–H groups in total. The van der Waals surface area contributed by atoms with Crippen LogP contribution in [0.4, 0.5) is 0 Å². The van der Waals surface area contributed by atoms with Crippen molar-refractivity contribution in [1.29, 1.82) is 0 Å². The molecule has 3 heterocycles. The molecule has 0 aromatic carbocycles. The Morgan fingerprint density at radius 1 is 1.35 bits per heavy atom. The molecule has 3 rings (SSSR count). The minimum absolute atomic E-state index is 0.451. The topological polar surface area (TPSA) is 91.3 Å². The standard InChI is InChI=1S/C18H27N7O/c1-3-10-26-16-5-4-14(11-20-16)12-21-18(19-2)25-8-6-15(7-9-25)17-22-13-23-24-17/h4-5,11,13,15H,3,6-10,12H2,1-2H3,(H,19,21)(H,22,23,24). The number of likely N-dealkylation sites (tertiary alicyclic amines) is 1. The number of H-pyrrole nitrogens is 1. The van der Waals surface area contributed by atoms with Gasteiger partial charge in [-0.25, -0.2) is 9.97 Å². The summed E-state index contributed by atoms with van der Waals surface area (Å²) in [6, 6.07) is 3.95. The molecule has 0 unspecified atom stereocenters. The number of pyridine rings is 1. The van der Waals surface area contributed by atoms with E-state index in [4.69, 9.17) is 4.74 Å². The average molecular weight is 357 g/mol. The summed E-state index contributed by atoms with van der Waals surface area (Å²) in [7, 11) is 1.82. The quantitative estimate of drug-likeness (QED) is 0.606. The number of hydrogen-bond acceptors (Lipinski definition) is 5. The van der Waals surface area contributed by atoms with Gasteiger partial charge in [-0.3, -0.25) is 10.1 Å². The molecule has 8 heteroatoms. The lowest BCUT2D eigenvalue weighted by molar-refractivity contribution is 0.298. The van der Waals surface area contributed by atoms with Gasteiger partial charge in [0.1, 0.15) is 12.2 Å². The van der Waals surface area contributed by atoms with Crippen molar-refractivity contribution in [3.05, 3.63) is 36.0 Å². The smallest absolute Gasteiger partial charge is 0.213 e. The van der Waals surface area contributed by atoms with Crippen molar-refractivity contribution in [3.63, 3.8) is 0 Å². The van der Waals surface area contributed by atoms with E-state index in [9.17, 15) is 0 Å². The molecule has 2 aromatic rings. The zero-order chi connectivity index (χ0) is 18.2. The maximum Gasteiger partial charge on any atom is 0.213 e. The molecule has 26 heavy (non-hydrogen) atoms. The Hall–Kier alpha value is -2.64. The fraction of sp³-hybridized carbons (Fsp3) is 0.556. The van der Waals surface area contributed by atoms with Crippen LogP contribution in [0.15, 0.2) is 29.6 Å². The molecule has 0 spiro atoms. The van der Waals surface area contributed by atoms with Crippen LogP contribution in [0.25, 0.3) is 0 Å². The second kappa shape index (κ2) is 9.17. The number of hydrogen-bond donors (Lipinski definition) is 2. The van der Waals surface area contributed by atoms with Gasteiger partial charge in [-0.1, -0.05) is 13.0 Å². The Labute approximate surface area is 154 Å². The zero-order valence-corrected chi connectivity index (χ0v) is 15.5. The van der Waals surface area contributed by atoms with E-state index in [1.165, 1.54) is 0 Å². The van der Waals surface area contributed by atoms with Gasteiger partial charge in [0.25, 0.3) is 0 Å². The molecule has 1 aliphatic rings. The Bertz CT molecular complexity index is 676. The van der Waals surface area contributed by atoms with Gasteiger partial charge in [0.2, 0.25) is 5.88 Å². The summed E-state index contributed by atoms with van der Waals surface area (Å²) < 4.78 is 5.52. The van der Waals surface area contributed by atoms with Crippen molar-refractivity contribution in [2.45, 2.75) is 38.6 Å². The first-order valence-corrected chi connectivity index (χ1v) is 9.18. The number of rotatable bonds is 6. The molecular weight excluding hydrogens is 330 g/mol. The largest absolute Gasteiger partial charge is 0.478 e. The minimum Gasteiger partial charge on any atom is -0.478 e. The third kappa shape index (κ3) is 4.71. The highest BCUT2D eigenvalue weighted by atomic mass is 16.5. The van der Waals surface area contributed by atoms with E-state index in [0.29, 0.717) is 24.9 Å². The summed E-state index contributed by atoms with van der Waals surface area (Å²) >= 11 is 0. The normalized spacial score (nSPS) is 15.9. The number of guanidine groups is 1. The van der Waals surface area contributed by atoms with Gasteiger partial charge in [-0.05, 0) is 24.8 Å². The van der Waals surface area contributed by atoms with Crippen molar-refractivity contribution in [2.75, 3.05) is 26.7 Å². The number of ether oxygens (including phenoxy) is 1. The third-order valence-corrected chi connectivity index (χ3v) is 4.53. The Balaban J connectivity index is 1.48. The fourth-order valence-corrected chi connectivity index (χ4v) is 3.10. The van der Waals surface area contributed by atoms with E-state index < -0.39 is 0 Å². The molecule has 140 valence electrons. The molecule has 1 saturated heterocycles. The highest BCUT2D eigenvalue weighted by molar-refractivity contribution is 5.79. The first-order valence-electron chi connectivity index (χ1n) is 9.18. The van der Waals surface area contributed by atoms with Gasteiger partial charge in [0.15, 0.2) is 5.96 Å². The number of aromatic nitrogens is 4. The van der Waals surface area contributed by atoms with Gasteiger partial charge in [-0.2, -0.15) is 5.10 Å². The molecule has 0 amide bonds. The maximum absolute atomic E-state index is 5.52. The number of nitrogens with zero attached hydrogens (tertiary/aromatic N) is 5. The summed E-state index contributed by atoms with van der Waals surface area (Å²) in [5.41, 5.74) is 1.10. The number of piperidine rings is 1. The van der Waals surface area contributed by atoms with E-state index in [1.54, 1.807) is 6.33 Å². The van der Waals surface area contributed by atoms with Crippen LogP contribution in [0.3, 0.4) is 0 Å². The lowest BCUT2D eigenvalue weighted by Crippen LogP contribution is -2.45. The molecule has 8 nitrogen and oxygen atoms in total. The van der Waals surface area contributed by atoms with E-state index in [0.717, 1.165) is 49.7 Å². The van der Waals surface area contributed by atoms with Crippen molar-refractivity contribution in [2.24, 2.45) is 4.99 Å². The lowest BCUT2D eigenvalue weighted by Gasteiger charge is -2.33. The Morgan fingerprint density at radius 3 is 2.81 bits per heavy atom. The van der Waals surface area contributed by atoms with Crippen molar-refractivity contribution >= 4 is 5.96 Å². The van der Waals surface area contributed by atoms with Gasteiger partial charge >= 0.3 is 0 Å². The summed E-state index contributed by atoms with van der Waals surface area (Å²) in [6.07, 6.45) is 6.49. The molecule has 1 fully saturated rings. The van der Waals surface area contributed by atoms with E-state index in [1.807, 2.05) is 25.4 Å². The second-order valence-electron chi connectivity index (χ2n) is 6.39. The van der Waals surface area contributed by atoms with Crippen LogP contribution in [-0.4, -0.2) is 57.8 Å². The van der Waals surface area contributed by atoms with Gasteiger partial charge in [-0.15, -0.1) is 0 Å². The van der Waals surface area contributed by atoms with Crippen molar-refractivity contribution in [1.82, 2.24) is 30.4 Å². The van der Waals surface area contributed by atoms with Crippen molar-refractivity contribution < 1.29 is 4.74 Å². The number of aromatic amines is 1. The molecule has 0 saturated carbocycles. The van der Waals surface area contributed by atoms with Gasteiger partial charge < -0.3 is 15.0 Å². The summed E-state index contributed by atoms with van der Waals surface area (Å²) in [6.45, 7) is 5.37. The van der Waals surface area contributed by atoms with Gasteiger partial charge in [0, 0.05) is 44.9 Å². The van der Waals surface area contributed by atoms with Crippen LogP contribution in [0.1, 0.15) is 43.5 Å². The van der Waals surface area contributed by atoms with Crippen LogP contribution in [0, 0.1) is 0 Å². The number of aliphatic imine (C=N–C) groups is 1. The highest BCUT2D eigenvalue weighted by Crippen LogP contribution is 2.24. The van der Waals surface area contributed by atoms with Crippen LogP contribution in [0.2, 0.25) is 0 Å². The van der Waals surface area contributed by atoms with E-state index in [-0.39, 0.29) is 0 Å². The summed E-state index contributed by atoms with van der Waals surface area (Å²) in [5, 5.41) is 10.4. The first-order chi connectivity index (χ1) is 12.8.